The number of hydrogen-bond acceptors (Lipinski definition) is 7. The molecule has 9 nitrogen and oxygen atoms in total. The van der Waals surface area contributed by atoms with E-state index in [1.165, 1.54) is 12.1 Å². The van der Waals surface area contributed by atoms with Crippen LogP contribution in [0, 0.1) is 10.1 Å². The van der Waals surface area contributed by atoms with Gasteiger partial charge in [-0.15, -0.1) is 0 Å². The molecule has 0 atom stereocenters. The van der Waals surface area contributed by atoms with E-state index in [-0.39, 0.29) is 11.8 Å². The highest BCUT2D eigenvalue weighted by Gasteiger charge is 2.26. The van der Waals surface area contributed by atoms with E-state index < -0.39 is 10.5 Å². The summed E-state index contributed by atoms with van der Waals surface area (Å²) >= 11 is 0. The first kappa shape index (κ1) is 18.6. The van der Waals surface area contributed by atoms with Gasteiger partial charge in [0, 0.05) is 30.6 Å². The van der Waals surface area contributed by atoms with Crippen molar-refractivity contribution in [1.29, 1.82) is 0 Å². The topological polar surface area (TPSA) is 110 Å². The molecule has 1 aliphatic rings. The number of nitro benzene ring substituents is 1. The Balaban J connectivity index is 1.72. The molecule has 0 spiro atoms. The molecule has 9 heteroatoms. The van der Waals surface area contributed by atoms with Gasteiger partial charge < -0.3 is 15.0 Å². The molecule has 0 saturated heterocycles. The van der Waals surface area contributed by atoms with Gasteiger partial charge in [0.1, 0.15) is 5.60 Å². The minimum Gasteiger partial charge on any atom is -0.444 e. The summed E-state index contributed by atoms with van der Waals surface area (Å²) in [5, 5.41) is 13.7. The second-order valence-electron chi connectivity index (χ2n) is 7.25. The monoisotopic (exact) mass is 371 g/mol. The lowest BCUT2D eigenvalue weighted by Crippen LogP contribution is -2.40. The Bertz CT molecular complexity index is 861. The SMILES string of the molecule is CC(C)(C)OC(=O)N1CCc2cnc(Nc3ccc([N+](=O)[O-])cc3)nc2C1. The molecule has 27 heavy (non-hydrogen) atoms. The van der Waals surface area contributed by atoms with Crippen molar-refractivity contribution < 1.29 is 14.5 Å². The van der Waals surface area contributed by atoms with Crippen molar-refractivity contribution in [1.82, 2.24) is 14.9 Å². The number of rotatable bonds is 3. The largest absolute Gasteiger partial charge is 0.444 e. The van der Waals surface area contributed by atoms with Gasteiger partial charge in [-0.25, -0.2) is 14.8 Å². The molecule has 1 aromatic heterocycles. The van der Waals surface area contributed by atoms with E-state index in [2.05, 4.69) is 15.3 Å². The molecule has 3 rings (SSSR count). The van der Waals surface area contributed by atoms with Crippen LogP contribution in [-0.4, -0.2) is 38.0 Å². The number of nitrogens with one attached hydrogen (secondary N) is 1. The number of amides is 1. The van der Waals surface area contributed by atoms with Crippen LogP contribution in [0.25, 0.3) is 0 Å². The molecular weight excluding hydrogens is 350 g/mol. The fourth-order valence-corrected chi connectivity index (χ4v) is 2.64. The highest BCUT2D eigenvalue weighted by Crippen LogP contribution is 2.22. The van der Waals surface area contributed by atoms with Gasteiger partial charge in [-0.3, -0.25) is 10.1 Å². The Labute approximate surface area is 156 Å². The highest BCUT2D eigenvalue weighted by molar-refractivity contribution is 5.68. The molecule has 0 unspecified atom stereocenters. The Morgan fingerprint density at radius 1 is 1.30 bits per heavy atom. The van der Waals surface area contributed by atoms with Gasteiger partial charge >= 0.3 is 6.09 Å². The molecular formula is C18H21N5O4. The Morgan fingerprint density at radius 2 is 2.00 bits per heavy atom. The fraction of sp³-hybridized carbons (Fsp3) is 0.389. The smallest absolute Gasteiger partial charge is 0.410 e. The Morgan fingerprint density at radius 3 is 2.63 bits per heavy atom. The van der Waals surface area contributed by atoms with Gasteiger partial charge in [-0.05, 0) is 44.9 Å². The normalized spacial score (nSPS) is 13.7. The summed E-state index contributed by atoms with van der Waals surface area (Å²) < 4.78 is 5.42. The molecule has 1 aromatic carbocycles. The Hall–Kier alpha value is -3.23. The van der Waals surface area contributed by atoms with Crippen LogP contribution in [0.3, 0.4) is 0 Å². The number of nitrogens with zero attached hydrogens (tertiary/aromatic N) is 4. The van der Waals surface area contributed by atoms with Crippen LogP contribution >= 0.6 is 0 Å². The number of aromatic nitrogens is 2. The zero-order valence-electron chi connectivity index (χ0n) is 15.4. The molecule has 1 N–H and O–H groups in total. The number of fused-ring (bicyclic) bond motifs is 1. The zero-order chi connectivity index (χ0) is 19.6. The summed E-state index contributed by atoms with van der Waals surface area (Å²) in [6.07, 6.45) is 2.03. The lowest BCUT2D eigenvalue weighted by molar-refractivity contribution is -0.384. The molecule has 1 aliphatic heterocycles. The quantitative estimate of drug-likeness (QED) is 0.650. The van der Waals surface area contributed by atoms with Crippen LogP contribution in [0.5, 0.6) is 0 Å². The summed E-state index contributed by atoms with van der Waals surface area (Å²) in [5.41, 5.74) is 1.85. The number of carbonyl (C=O) groups excluding carboxylic acids is 1. The van der Waals surface area contributed by atoms with Crippen LogP contribution < -0.4 is 5.32 Å². The van der Waals surface area contributed by atoms with Gasteiger partial charge in [0.25, 0.3) is 5.69 Å². The lowest BCUT2D eigenvalue weighted by Gasteiger charge is -2.30. The molecule has 142 valence electrons. The van der Waals surface area contributed by atoms with Gasteiger partial charge in [-0.1, -0.05) is 0 Å². The average molecular weight is 371 g/mol. The highest BCUT2D eigenvalue weighted by atomic mass is 16.6. The first-order valence-electron chi connectivity index (χ1n) is 8.55. The third-order valence-electron chi connectivity index (χ3n) is 3.93. The van der Waals surface area contributed by atoms with E-state index in [1.54, 1.807) is 23.2 Å². The van der Waals surface area contributed by atoms with Gasteiger partial charge in [0.15, 0.2) is 0 Å². The van der Waals surface area contributed by atoms with Gasteiger partial charge in [0.05, 0.1) is 17.2 Å². The van der Waals surface area contributed by atoms with Crippen molar-refractivity contribution in [2.45, 2.75) is 39.3 Å². The third kappa shape index (κ3) is 4.69. The van der Waals surface area contributed by atoms with Gasteiger partial charge in [0.2, 0.25) is 5.95 Å². The Kier molecular flexibility index (Phi) is 4.93. The third-order valence-corrected chi connectivity index (χ3v) is 3.93. The second kappa shape index (κ2) is 7.18. The van der Waals surface area contributed by atoms with Crippen LogP contribution in [0.4, 0.5) is 22.1 Å². The standard InChI is InChI=1S/C18H21N5O4/c1-18(2,3)27-17(24)22-9-8-12-10-19-16(21-15(12)11-22)20-13-4-6-14(7-5-13)23(25)26/h4-7,10H,8-9,11H2,1-3H3,(H,19,20,21). The summed E-state index contributed by atoms with van der Waals surface area (Å²) in [7, 11) is 0. The van der Waals surface area contributed by atoms with Crippen molar-refractivity contribution >= 4 is 23.4 Å². The van der Waals surface area contributed by atoms with E-state index >= 15 is 0 Å². The molecule has 1 amide bonds. The predicted molar refractivity (Wildman–Crippen MR) is 98.8 cm³/mol. The summed E-state index contributed by atoms with van der Waals surface area (Å²) in [5.74, 6) is 0.369. The average Bonchev–Trinajstić information content (AvgIpc) is 2.60. The van der Waals surface area contributed by atoms with E-state index in [0.717, 1.165) is 11.3 Å². The molecule has 0 radical (unpaired) electrons. The maximum Gasteiger partial charge on any atom is 0.410 e. The van der Waals surface area contributed by atoms with E-state index in [9.17, 15) is 14.9 Å². The van der Waals surface area contributed by atoms with Crippen LogP contribution in [-0.2, 0) is 17.7 Å². The molecule has 0 bridgehead atoms. The summed E-state index contributed by atoms with van der Waals surface area (Å²) in [6.45, 7) is 6.40. The van der Waals surface area contributed by atoms with Crippen molar-refractivity contribution in [3.63, 3.8) is 0 Å². The number of ether oxygens (including phenoxy) is 1. The predicted octanol–water partition coefficient (Wildman–Crippen LogP) is 3.42. The maximum absolute atomic E-state index is 12.3. The molecule has 0 saturated carbocycles. The van der Waals surface area contributed by atoms with Gasteiger partial charge in [-0.2, -0.15) is 0 Å². The number of nitro groups is 1. The number of benzene rings is 1. The molecule has 0 fully saturated rings. The van der Waals surface area contributed by atoms with Crippen molar-refractivity contribution in [2.24, 2.45) is 0 Å². The van der Waals surface area contributed by atoms with Crippen molar-refractivity contribution in [2.75, 3.05) is 11.9 Å². The minimum atomic E-state index is -0.550. The van der Waals surface area contributed by atoms with Crippen LogP contribution in [0.15, 0.2) is 30.5 Å². The zero-order valence-corrected chi connectivity index (χ0v) is 15.4. The van der Waals surface area contributed by atoms with Crippen molar-refractivity contribution in [3.05, 3.63) is 51.8 Å². The number of anilines is 2. The van der Waals surface area contributed by atoms with Crippen LogP contribution in [0.2, 0.25) is 0 Å². The molecule has 2 heterocycles. The van der Waals surface area contributed by atoms with Crippen LogP contribution in [0.1, 0.15) is 32.0 Å². The summed E-state index contributed by atoms with van der Waals surface area (Å²) in [4.78, 5) is 32.9. The minimum absolute atomic E-state index is 0.0138. The lowest BCUT2D eigenvalue weighted by atomic mass is 10.1. The number of hydrogen-bond donors (Lipinski definition) is 1. The number of carbonyl (C=O) groups is 1. The van der Waals surface area contributed by atoms with E-state index in [0.29, 0.717) is 31.1 Å². The first-order valence-corrected chi connectivity index (χ1v) is 8.55. The second-order valence-corrected chi connectivity index (χ2v) is 7.25. The van der Waals surface area contributed by atoms with E-state index in [4.69, 9.17) is 4.74 Å². The van der Waals surface area contributed by atoms with Crippen molar-refractivity contribution in [3.8, 4) is 0 Å². The fourth-order valence-electron chi connectivity index (χ4n) is 2.64. The maximum atomic E-state index is 12.3. The number of non-ortho nitro benzene ring substituents is 1. The van der Waals surface area contributed by atoms with E-state index in [1.807, 2.05) is 20.8 Å². The first-order chi connectivity index (χ1) is 12.7. The molecule has 2 aromatic rings. The molecule has 0 aliphatic carbocycles. The summed E-state index contributed by atoms with van der Waals surface area (Å²) in [6, 6.07) is 6.00.